The Balaban J connectivity index is 1.95. The second-order valence-corrected chi connectivity index (χ2v) is 5.20. The van der Waals surface area contributed by atoms with Gasteiger partial charge in [-0.05, 0) is 31.4 Å². The molecule has 1 aromatic carbocycles. The minimum absolute atomic E-state index is 0.332. The third-order valence-electron chi connectivity index (χ3n) is 3.34. The second kappa shape index (κ2) is 7.72. The number of halogens is 1. The van der Waals surface area contributed by atoms with Gasteiger partial charge in [-0.3, -0.25) is 0 Å². The summed E-state index contributed by atoms with van der Waals surface area (Å²) in [6.07, 6.45) is 2.62. The van der Waals surface area contributed by atoms with Crippen LogP contribution in [0.25, 0.3) is 0 Å². The number of hydrogen-bond acceptors (Lipinski definition) is 4. The van der Waals surface area contributed by atoms with Crippen LogP contribution in [0.15, 0.2) is 12.1 Å². The van der Waals surface area contributed by atoms with Gasteiger partial charge >= 0.3 is 0 Å². The predicted octanol–water partition coefficient (Wildman–Crippen LogP) is 3.02. The van der Waals surface area contributed by atoms with Crippen molar-refractivity contribution in [3.8, 4) is 11.5 Å². The van der Waals surface area contributed by atoms with E-state index in [9.17, 15) is 0 Å². The lowest BCUT2D eigenvalue weighted by atomic mass is 10.2. The Hall–Kier alpha value is -0.970. The second-order valence-electron chi connectivity index (χ2n) is 4.79. The quantitative estimate of drug-likeness (QED) is 0.840. The van der Waals surface area contributed by atoms with Crippen molar-refractivity contribution < 1.29 is 14.2 Å². The van der Waals surface area contributed by atoms with Crippen molar-refractivity contribution in [3.63, 3.8) is 0 Å². The fourth-order valence-corrected chi connectivity index (χ4v) is 2.53. The van der Waals surface area contributed by atoms with Gasteiger partial charge in [-0.1, -0.05) is 11.6 Å². The Morgan fingerprint density at radius 1 is 1.40 bits per heavy atom. The minimum Gasteiger partial charge on any atom is -0.493 e. The lowest BCUT2D eigenvalue weighted by Crippen LogP contribution is -2.25. The lowest BCUT2D eigenvalue weighted by Gasteiger charge is -2.14. The number of ether oxygens (including phenoxy) is 3. The zero-order chi connectivity index (χ0) is 14.4. The summed E-state index contributed by atoms with van der Waals surface area (Å²) in [7, 11) is 1.63. The highest BCUT2D eigenvalue weighted by Gasteiger charge is 2.15. The molecule has 1 saturated heterocycles. The van der Waals surface area contributed by atoms with Crippen molar-refractivity contribution in [2.75, 3.05) is 26.9 Å². The zero-order valence-electron chi connectivity index (χ0n) is 12.1. The summed E-state index contributed by atoms with van der Waals surface area (Å²) in [4.78, 5) is 0. The predicted molar refractivity (Wildman–Crippen MR) is 79.9 cm³/mol. The fourth-order valence-electron chi connectivity index (χ4n) is 2.31. The normalized spacial score (nSPS) is 18.2. The van der Waals surface area contributed by atoms with Crippen LogP contribution in [0, 0.1) is 0 Å². The number of rotatable bonds is 7. The van der Waals surface area contributed by atoms with Crippen LogP contribution in [0.3, 0.4) is 0 Å². The van der Waals surface area contributed by atoms with E-state index in [4.69, 9.17) is 25.8 Å². The number of benzene rings is 1. The first-order valence-corrected chi connectivity index (χ1v) is 7.44. The standard InChI is InChI=1S/C15H22ClNO3/c1-3-19-15-8-13(16)11(7-14(15)18-2)9-17-10-12-5-4-6-20-12/h7-8,12,17H,3-6,9-10H2,1-2H3. The average Bonchev–Trinajstić information content (AvgIpc) is 2.94. The van der Waals surface area contributed by atoms with Gasteiger partial charge in [0, 0.05) is 30.8 Å². The van der Waals surface area contributed by atoms with Gasteiger partial charge in [0.1, 0.15) is 0 Å². The number of nitrogens with one attached hydrogen (secondary N) is 1. The van der Waals surface area contributed by atoms with Gasteiger partial charge in [-0.2, -0.15) is 0 Å². The molecule has 1 N–H and O–H groups in total. The Labute approximate surface area is 125 Å². The van der Waals surface area contributed by atoms with Crippen LogP contribution >= 0.6 is 11.6 Å². The summed E-state index contributed by atoms with van der Waals surface area (Å²) < 4.78 is 16.4. The van der Waals surface area contributed by atoms with Gasteiger partial charge in [0.25, 0.3) is 0 Å². The van der Waals surface area contributed by atoms with E-state index in [1.165, 1.54) is 0 Å². The molecule has 2 rings (SSSR count). The van der Waals surface area contributed by atoms with E-state index in [1.807, 2.05) is 19.1 Å². The van der Waals surface area contributed by atoms with E-state index >= 15 is 0 Å². The third kappa shape index (κ3) is 4.01. The van der Waals surface area contributed by atoms with Gasteiger partial charge < -0.3 is 19.5 Å². The number of methoxy groups -OCH3 is 1. The average molecular weight is 300 g/mol. The van der Waals surface area contributed by atoms with Crippen LogP contribution in [0.1, 0.15) is 25.3 Å². The summed E-state index contributed by atoms with van der Waals surface area (Å²) in [6.45, 7) is 4.95. The smallest absolute Gasteiger partial charge is 0.162 e. The highest BCUT2D eigenvalue weighted by atomic mass is 35.5. The van der Waals surface area contributed by atoms with Crippen molar-refractivity contribution in [1.82, 2.24) is 5.32 Å². The summed E-state index contributed by atoms with van der Waals surface area (Å²) in [5.74, 6) is 1.40. The fraction of sp³-hybridized carbons (Fsp3) is 0.600. The van der Waals surface area contributed by atoms with E-state index in [2.05, 4.69) is 5.32 Å². The molecule has 1 aliphatic heterocycles. The van der Waals surface area contributed by atoms with Crippen molar-refractivity contribution >= 4 is 11.6 Å². The van der Waals surface area contributed by atoms with Crippen molar-refractivity contribution in [2.24, 2.45) is 0 Å². The molecule has 0 spiro atoms. The van der Waals surface area contributed by atoms with Crippen molar-refractivity contribution in [1.29, 1.82) is 0 Å². The summed E-state index contributed by atoms with van der Waals surface area (Å²) in [5, 5.41) is 4.07. The Morgan fingerprint density at radius 3 is 2.90 bits per heavy atom. The highest BCUT2D eigenvalue weighted by Crippen LogP contribution is 2.33. The molecule has 1 fully saturated rings. The summed E-state index contributed by atoms with van der Waals surface area (Å²) in [5.41, 5.74) is 1.00. The first kappa shape index (κ1) is 15.4. The van der Waals surface area contributed by atoms with Gasteiger partial charge in [-0.15, -0.1) is 0 Å². The zero-order valence-corrected chi connectivity index (χ0v) is 12.8. The largest absolute Gasteiger partial charge is 0.493 e. The molecule has 0 radical (unpaired) electrons. The maximum absolute atomic E-state index is 6.28. The number of hydrogen-bond donors (Lipinski definition) is 1. The van der Waals surface area contributed by atoms with E-state index in [0.29, 0.717) is 35.8 Å². The lowest BCUT2D eigenvalue weighted by molar-refractivity contribution is 0.110. The van der Waals surface area contributed by atoms with Gasteiger partial charge in [0.15, 0.2) is 11.5 Å². The summed E-state index contributed by atoms with van der Waals surface area (Å²) in [6, 6.07) is 3.74. The van der Waals surface area contributed by atoms with Crippen LogP contribution in [0.2, 0.25) is 5.02 Å². The van der Waals surface area contributed by atoms with Crippen molar-refractivity contribution in [3.05, 3.63) is 22.7 Å². The molecule has 1 heterocycles. The van der Waals surface area contributed by atoms with Crippen LogP contribution < -0.4 is 14.8 Å². The first-order valence-electron chi connectivity index (χ1n) is 7.06. The molecule has 1 aromatic rings. The molecular formula is C15H22ClNO3. The van der Waals surface area contributed by atoms with Crippen molar-refractivity contribution in [2.45, 2.75) is 32.4 Å². The molecule has 1 aliphatic rings. The van der Waals surface area contributed by atoms with Crippen LogP contribution in [-0.4, -0.2) is 33.0 Å². The minimum atomic E-state index is 0.332. The van der Waals surface area contributed by atoms with Gasteiger partial charge in [0.2, 0.25) is 0 Å². The van der Waals surface area contributed by atoms with Gasteiger partial charge in [0.05, 0.1) is 19.8 Å². The molecule has 0 saturated carbocycles. The molecule has 4 nitrogen and oxygen atoms in total. The monoisotopic (exact) mass is 299 g/mol. The first-order chi connectivity index (χ1) is 9.74. The van der Waals surface area contributed by atoms with Crippen LogP contribution in [0.4, 0.5) is 0 Å². The Kier molecular flexibility index (Phi) is 5.95. The molecule has 0 aliphatic carbocycles. The van der Waals surface area contributed by atoms with Crippen LogP contribution in [0.5, 0.6) is 11.5 Å². The van der Waals surface area contributed by atoms with E-state index in [1.54, 1.807) is 7.11 Å². The molecule has 1 atom stereocenters. The Morgan fingerprint density at radius 2 is 2.25 bits per heavy atom. The van der Waals surface area contributed by atoms with E-state index in [-0.39, 0.29) is 0 Å². The molecule has 20 heavy (non-hydrogen) atoms. The van der Waals surface area contributed by atoms with Gasteiger partial charge in [-0.25, -0.2) is 0 Å². The molecule has 0 amide bonds. The maximum atomic E-state index is 6.28. The third-order valence-corrected chi connectivity index (χ3v) is 3.70. The molecular weight excluding hydrogens is 278 g/mol. The Bertz CT molecular complexity index is 433. The molecule has 1 unspecified atom stereocenters. The molecule has 0 aromatic heterocycles. The topological polar surface area (TPSA) is 39.7 Å². The van der Waals surface area contributed by atoms with E-state index < -0.39 is 0 Å². The maximum Gasteiger partial charge on any atom is 0.162 e. The van der Waals surface area contributed by atoms with E-state index in [0.717, 1.165) is 31.6 Å². The molecule has 112 valence electrons. The molecule has 0 bridgehead atoms. The van der Waals surface area contributed by atoms with Crippen LogP contribution in [-0.2, 0) is 11.3 Å². The highest BCUT2D eigenvalue weighted by molar-refractivity contribution is 6.31. The molecule has 5 heteroatoms. The SMILES string of the molecule is CCOc1cc(Cl)c(CNCC2CCCO2)cc1OC. The summed E-state index contributed by atoms with van der Waals surface area (Å²) >= 11 is 6.28.